The van der Waals surface area contributed by atoms with E-state index in [1.807, 2.05) is 41.2 Å². The molecule has 0 unspecified atom stereocenters. The number of aromatic nitrogens is 5. The van der Waals surface area contributed by atoms with Crippen LogP contribution in [0, 0.1) is 5.82 Å². The van der Waals surface area contributed by atoms with Crippen LogP contribution in [-0.2, 0) is 4.74 Å². The van der Waals surface area contributed by atoms with E-state index in [1.165, 1.54) is 18.5 Å². The lowest BCUT2D eigenvalue weighted by Crippen LogP contribution is -2.30. The van der Waals surface area contributed by atoms with Gasteiger partial charge in [0.25, 0.3) is 5.71 Å². The van der Waals surface area contributed by atoms with Gasteiger partial charge in [0.05, 0.1) is 19.3 Å². The lowest BCUT2D eigenvalue weighted by atomic mass is 10.1. The molecule has 3 aromatic heterocycles. The Kier molecular flexibility index (Phi) is 4.10. The van der Waals surface area contributed by atoms with E-state index < -0.39 is 0 Å². The fourth-order valence-electron chi connectivity index (χ4n) is 3.60. The minimum Gasteiger partial charge on any atom is -0.418 e. The predicted octanol–water partition coefficient (Wildman–Crippen LogP) is 4.53. The van der Waals surface area contributed by atoms with Gasteiger partial charge in [-0.1, -0.05) is 18.2 Å². The van der Waals surface area contributed by atoms with Crippen molar-refractivity contribution in [2.24, 2.45) is 0 Å². The van der Waals surface area contributed by atoms with Crippen molar-refractivity contribution in [3.63, 3.8) is 0 Å². The van der Waals surface area contributed by atoms with E-state index >= 15 is 0 Å². The van der Waals surface area contributed by atoms with Gasteiger partial charge in [-0.15, -0.1) is 0 Å². The third-order valence-electron chi connectivity index (χ3n) is 5.32. The molecule has 2 aromatic carbocycles. The second kappa shape index (κ2) is 7.10. The summed E-state index contributed by atoms with van der Waals surface area (Å²) in [4.78, 5) is 13.5. The molecule has 1 fully saturated rings. The zero-order valence-corrected chi connectivity index (χ0v) is 16.3. The summed E-state index contributed by atoms with van der Waals surface area (Å²) in [6.07, 6.45) is 3.39. The van der Waals surface area contributed by atoms with Gasteiger partial charge in [-0.3, -0.25) is 4.68 Å². The molecule has 0 bridgehead atoms. The lowest BCUT2D eigenvalue weighted by Gasteiger charge is -2.25. The summed E-state index contributed by atoms with van der Waals surface area (Å²) in [5, 5.41) is 4.78. The zero-order chi connectivity index (χ0) is 20.8. The topological polar surface area (TPSA) is 78.9 Å². The van der Waals surface area contributed by atoms with Crippen LogP contribution in [0.5, 0.6) is 0 Å². The lowest BCUT2D eigenvalue weighted by molar-refractivity contribution is -0.0285. The Morgan fingerprint density at radius 1 is 0.903 bits per heavy atom. The van der Waals surface area contributed by atoms with Crippen molar-refractivity contribution in [1.29, 1.82) is 0 Å². The molecular formula is C23H16FN5O2. The molecule has 0 spiro atoms. The minimum absolute atomic E-state index is 0.155. The Morgan fingerprint density at radius 3 is 2.45 bits per heavy atom. The number of hydrogen-bond donors (Lipinski definition) is 0. The minimum atomic E-state index is -0.300. The van der Waals surface area contributed by atoms with Crippen molar-refractivity contribution in [3.8, 4) is 34.0 Å². The van der Waals surface area contributed by atoms with Gasteiger partial charge in [0.2, 0.25) is 5.89 Å². The van der Waals surface area contributed by atoms with Crippen LogP contribution in [0.15, 0.2) is 71.5 Å². The number of ether oxygens (including phenoxy) is 1. The van der Waals surface area contributed by atoms with Crippen LogP contribution in [0.4, 0.5) is 4.39 Å². The fourth-order valence-corrected chi connectivity index (χ4v) is 3.60. The molecule has 1 saturated heterocycles. The third-order valence-corrected chi connectivity index (χ3v) is 5.32. The van der Waals surface area contributed by atoms with E-state index in [4.69, 9.17) is 14.3 Å². The summed E-state index contributed by atoms with van der Waals surface area (Å²) in [5.41, 5.74) is 4.67. The maximum atomic E-state index is 13.5. The molecule has 152 valence electrons. The quantitative estimate of drug-likeness (QED) is 0.431. The fraction of sp³-hybridized carbons (Fsp3) is 0.130. The van der Waals surface area contributed by atoms with Crippen LogP contribution in [0.1, 0.15) is 6.04 Å². The Balaban J connectivity index is 1.54. The van der Waals surface area contributed by atoms with Crippen LogP contribution in [0.3, 0.4) is 0 Å². The number of rotatable bonds is 4. The molecule has 8 heteroatoms. The van der Waals surface area contributed by atoms with E-state index in [-0.39, 0.29) is 11.9 Å². The number of nitrogens with zero attached hydrogens (tertiary/aromatic N) is 5. The summed E-state index contributed by atoms with van der Waals surface area (Å²) < 4.78 is 26.6. The van der Waals surface area contributed by atoms with E-state index in [0.717, 1.165) is 16.7 Å². The van der Waals surface area contributed by atoms with Crippen molar-refractivity contribution < 1.29 is 13.5 Å². The molecule has 0 amide bonds. The van der Waals surface area contributed by atoms with Gasteiger partial charge in [-0.2, -0.15) is 10.1 Å². The average molecular weight is 413 g/mol. The highest BCUT2D eigenvalue weighted by Gasteiger charge is 2.26. The van der Waals surface area contributed by atoms with Crippen LogP contribution < -0.4 is 0 Å². The standard InChI is InChI=1S/C23H16FN5O2/c24-16-8-6-14(7-9-16)19-18(10-29(28-19)17-11-30-12-17)20-21-23(26-13-25-20)31-22(27-21)15-4-2-1-3-5-15/h1-10,13,17H,11-12H2. The normalized spacial score (nSPS) is 14.1. The Bertz CT molecular complexity index is 1370. The van der Waals surface area contributed by atoms with Crippen LogP contribution in [0.2, 0.25) is 0 Å². The number of fused-ring (bicyclic) bond motifs is 1. The molecule has 31 heavy (non-hydrogen) atoms. The van der Waals surface area contributed by atoms with Gasteiger partial charge in [0.15, 0.2) is 5.52 Å². The molecule has 4 heterocycles. The zero-order valence-electron chi connectivity index (χ0n) is 16.3. The highest BCUT2D eigenvalue weighted by molar-refractivity contribution is 5.92. The van der Waals surface area contributed by atoms with Gasteiger partial charge >= 0.3 is 0 Å². The molecule has 7 nitrogen and oxygen atoms in total. The monoisotopic (exact) mass is 413 g/mol. The SMILES string of the molecule is Fc1ccc(-c2nn(C3COC3)cc2-c2ncnc3oc(-c4ccccc4)nc23)cc1. The molecule has 1 aliphatic rings. The smallest absolute Gasteiger partial charge is 0.251 e. The van der Waals surface area contributed by atoms with E-state index in [0.29, 0.717) is 41.7 Å². The highest BCUT2D eigenvalue weighted by Crippen LogP contribution is 2.36. The van der Waals surface area contributed by atoms with Gasteiger partial charge in [0.1, 0.15) is 23.5 Å². The molecule has 1 aliphatic heterocycles. The maximum Gasteiger partial charge on any atom is 0.251 e. The van der Waals surface area contributed by atoms with Crippen LogP contribution in [-0.4, -0.2) is 37.9 Å². The first-order valence-electron chi connectivity index (χ1n) is 9.86. The highest BCUT2D eigenvalue weighted by atomic mass is 19.1. The Hall–Kier alpha value is -3.91. The molecule has 0 radical (unpaired) electrons. The van der Waals surface area contributed by atoms with Crippen molar-refractivity contribution in [2.75, 3.05) is 13.2 Å². The molecular weight excluding hydrogens is 397 g/mol. The summed E-state index contributed by atoms with van der Waals surface area (Å²) >= 11 is 0. The predicted molar refractivity (Wildman–Crippen MR) is 112 cm³/mol. The second-order valence-electron chi connectivity index (χ2n) is 7.33. The van der Waals surface area contributed by atoms with Gasteiger partial charge in [-0.25, -0.2) is 14.4 Å². The summed E-state index contributed by atoms with van der Waals surface area (Å²) in [5.74, 6) is 0.172. The third kappa shape index (κ3) is 3.08. The summed E-state index contributed by atoms with van der Waals surface area (Å²) in [7, 11) is 0. The summed E-state index contributed by atoms with van der Waals surface area (Å²) in [6, 6.07) is 16.1. The Morgan fingerprint density at radius 2 is 1.71 bits per heavy atom. The molecule has 6 rings (SSSR count). The maximum absolute atomic E-state index is 13.5. The number of benzene rings is 2. The summed E-state index contributed by atoms with van der Waals surface area (Å²) in [6.45, 7) is 1.20. The first kappa shape index (κ1) is 17.9. The van der Waals surface area contributed by atoms with Crippen molar-refractivity contribution >= 4 is 11.2 Å². The first-order chi connectivity index (χ1) is 15.3. The van der Waals surface area contributed by atoms with Gasteiger partial charge in [-0.05, 0) is 36.4 Å². The van der Waals surface area contributed by atoms with Crippen LogP contribution in [0.25, 0.3) is 45.2 Å². The van der Waals surface area contributed by atoms with Crippen molar-refractivity contribution in [3.05, 3.63) is 72.9 Å². The number of oxazole rings is 1. The second-order valence-corrected chi connectivity index (χ2v) is 7.33. The van der Waals surface area contributed by atoms with Crippen molar-refractivity contribution in [2.45, 2.75) is 6.04 Å². The molecule has 0 saturated carbocycles. The molecule has 5 aromatic rings. The van der Waals surface area contributed by atoms with Gasteiger partial charge in [0, 0.05) is 22.9 Å². The first-order valence-corrected chi connectivity index (χ1v) is 9.86. The van der Waals surface area contributed by atoms with Crippen LogP contribution >= 0.6 is 0 Å². The largest absolute Gasteiger partial charge is 0.418 e. The van der Waals surface area contributed by atoms with Gasteiger partial charge < -0.3 is 9.15 Å². The Labute approximate surface area is 176 Å². The molecule has 0 aliphatic carbocycles. The number of hydrogen-bond acceptors (Lipinski definition) is 6. The van der Waals surface area contributed by atoms with Crippen molar-refractivity contribution in [1.82, 2.24) is 24.7 Å². The van der Waals surface area contributed by atoms with E-state index in [9.17, 15) is 4.39 Å². The average Bonchev–Trinajstić information content (AvgIpc) is 3.38. The number of halogens is 1. The van der Waals surface area contributed by atoms with E-state index in [1.54, 1.807) is 12.1 Å². The molecule has 0 atom stereocenters. The molecule has 0 N–H and O–H groups in total. The van der Waals surface area contributed by atoms with E-state index in [2.05, 4.69) is 15.0 Å².